The molecule has 0 amide bonds. The third kappa shape index (κ3) is 5.21. The Morgan fingerprint density at radius 1 is 1.44 bits per heavy atom. The van der Waals surface area contributed by atoms with Crippen molar-refractivity contribution in [2.24, 2.45) is 5.73 Å². The number of pyridine rings is 1. The van der Waals surface area contributed by atoms with E-state index >= 15 is 0 Å². The Morgan fingerprint density at radius 2 is 2.25 bits per heavy atom. The van der Waals surface area contributed by atoms with Crippen molar-refractivity contribution in [2.75, 3.05) is 26.7 Å². The van der Waals surface area contributed by atoms with Crippen LogP contribution < -0.4 is 5.73 Å². The van der Waals surface area contributed by atoms with E-state index < -0.39 is 0 Å². The van der Waals surface area contributed by atoms with Crippen LogP contribution in [0.1, 0.15) is 12.1 Å². The lowest BCUT2D eigenvalue weighted by Gasteiger charge is -2.18. The van der Waals surface area contributed by atoms with Crippen molar-refractivity contribution < 1.29 is 5.11 Å². The van der Waals surface area contributed by atoms with E-state index in [0.29, 0.717) is 0 Å². The Morgan fingerprint density at radius 3 is 2.88 bits per heavy atom. The molecule has 0 saturated heterocycles. The molecule has 1 atom stereocenters. The van der Waals surface area contributed by atoms with Crippen LogP contribution in [0.3, 0.4) is 0 Å². The van der Waals surface area contributed by atoms with E-state index in [1.54, 1.807) is 0 Å². The molecule has 4 nitrogen and oxygen atoms in total. The maximum Gasteiger partial charge on any atom is 0.0583 e. The molecule has 0 saturated carbocycles. The van der Waals surface area contributed by atoms with Gasteiger partial charge >= 0.3 is 0 Å². The summed E-state index contributed by atoms with van der Waals surface area (Å²) in [5.41, 5.74) is 6.75. The number of likely N-dealkylation sites (N-methyl/N-ethyl adjacent to an activating group) is 1. The predicted molar refractivity (Wildman–Crippen MR) is 65.1 cm³/mol. The number of hydrogen-bond acceptors (Lipinski definition) is 4. The van der Waals surface area contributed by atoms with Gasteiger partial charge in [-0.15, -0.1) is 0 Å². The fourth-order valence-electron chi connectivity index (χ4n) is 1.44. The smallest absolute Gasteiger partial charge is 0.0583 e. The van der Waals surface area contributed by atoms with Crippen molar-refractivity contribution in [1.82, 2.24) is 9.88 Å². The molecular weight excluding hydrogens is 202 g/mol. The molecule has 0 spiro atoms. The van der Waals surface area contributed by atoms with Crippen molar-refractivity contribution in [1.29, 1.82) is 0 Å². The Kier molecular flexibility index (Phi) is 6.00. The third-order valence-electron chi connectivity index (χ3n) is 2.59. The van der Waals surface area contributed by atoms with Gasteiger partial charge < -0.3 is 15.7 Å². The van der Waals surface area contributed by atoms with E-state index in [1.165, 1.54) is 0 Å². The molecule has 16 heavy (non-hydrogen) atoms. The average Bonchev–Trinajstić information content (AvgIpc) is 2.34. The van der Waals surface area contributed by atoms with Gasteiger partial charge in [-0.3, -0.25) is 4.98 Å². The minimum Gasteiger partial charge on any atom is -0.395 e. The lowest BCUT2D eigenvalue weighted by atomic mass is 10.2. The predicted octanol–water partition coefficient (Wildman–Crippen LogP) is 0.266. The highest BCUT2D eigenvalue weighted by Gasteiger charge is 2.04. The van der Waals surface area contributed by atoms with Crippen LogP contribution in [0.4, 0.5) is 0 Å². The third-order valence-corrected chi connectivity index (χ3v) is 2.59. The molecule has 0 aliphatic rings. The van der Waals surface area contributed by atoms with Crippen LogP contribution in [0.15, 0.2) is 24.4 Å². The van der Waals surface area contributed by atoms with Gasteiger partial charge in [0.1, 0.15) is 0 Å². The summed E-state index contributed by atoms with van der Waals surface area (Å²) in [6.07, 6.45) is 3.60. The molecule has 90 valence electrons. The number of hydrogen-bond donors (Lipinski definition) is 2. The number of aromatic nitrogens is 1. The van der Waals surface area contributed by atoms with E-state index in [4.69, 9.17) is 10.8 Å². The highest BCUT2D eigenvalue weighted by molar-refractivity contribution is 5.03. The minimum atomic E-state index is -0.0997. The first-order chi connectivity index (χ1) is 7.72. The van der Waals surface area contributed by atoms with Crippen LogP contribution in [0, 0.1) is 0 Å². The topological polar surface area (TPSA) is 62.4 Å². The number of aliphatic hydroxyl groups excluding tert-OH is 1. The van der Waals surface area contributed by atoms with E-state index in [2.05, 4.69) is 16.9 Å². The number of aliphatic hydroxyl groups is 1. The zero-order valence-corrected chi connectivity index (χ0v) is 9.84. The minimum absolute atomic E-state index is 0.0636. The van der Waals surface area contributed by atoms with Crippen LogP contribution in [-0.2, 0) is 6.42 Å². The number of nitrogens with two attached hydrogens (primary N) is 1. The highest BCUT2D eigenvalue weighted by Crippen LogP contribution is 1.98. The lowest BCUT2D eigenvalue weighted by Crippen LogP contribution is -2.31. The molecule has 1 heterocycles. The molecule has 0 aromatic carbocycles. The lowest BCUT2D eigenvalue weighted by molar-refractivity contribution is 0.240. The van der Waals surface area contributed by atoms with Crippen LogP contribution in [-0.4, -0.2) is 47.8 Å². The molecule has 0 aliphatic heterocycles. The molecule has 0 aliphatic carbocycles. The SMILES string of the molecule is CN(CCc1ccccn1)CCC(N)CO. The summed E-state index contributed by atoms with van der Waals surface area (Å²) in [6.45, 7) is 1.94. The van der Waals surface area contributed by atoms with Crippen molar-refractivity contribution >= 4 is 0 Å². The van der Waals surface area contributed by atoms with Gasteiger partial charge in [-0.05, 0) is 32.1 Å². The maximum absolute atomic E-state index is 8.80. The van der Waals surface area contributed by atoms with E-state index in [0.717, 1.165) is 31.6 Å². The first kappa shape index (κ1) is 13.1. The molecule has 3 N–H and O–H groups in total. The summed E-state index contributed by atoms with van der Waals surface area (Å²) in [4.78, 5) is 6.48. The Labute approximate surface area is 97.1 Å². The van der Waals surface area contributed by atoms with Gasteiger partial charge in [0.2, 0.25) is 0 Å². The van der Waals surface area contributed by atoms with Gasteiger partial charge in [0.15, 0.2) is 0 Å². The molecule has 4 heteroatoms. The molecule has 1 unspecified atom stereocenters. The average molecular weight is 223 g/mol. The summed E-state index contributed by atoms with van der Waals surface area (Å²) in [7, 11) is 2.06. The van der Waals surface area contributed by atoms with E-state index in [-0.39, 0.29) is 12.6 Å². The Balaban J connectivity index is 2.18. The second-order valence-corrected chi connectivity index (χ2v) is 4.11. The Bertz CT molecular complexity index is 279. The maximum atomic E-state index is 8.80. The summed E-state index contributed by atoms with van der Waals surface area (Å²) >= 11 is 0. The van der Waals surface area contributed by atoms with Gasteiger partial charge in [0.05, 0.1) is 6.61 Å². The fraction of sp³-hybridized carbons (Fsp3) is 0.583. The number of nitrogens with zero attached hydrogens (tertiary/aromatic N) is 2. The van der Waals surface area contributed by atoms with Gasteiger partial charge in [-0.25, -0.2) is 0 Å². The highest BCUT2D eigenvalue weighted by atomic mass is 16.3. The number of rotatable bonds is 7. The van der Waals surface area contributed by atoms with Crippen LogP contribution in [0.25, 0.3) is 0 Å². The molecule has 1 rings (SSSR count). The van der Waals surface area contributed by atoms with E-state index in [9.17, 15) is 0 Å². The largest absolute Gasteiger partial charge is 0.395 e. The van der Waals surface area contributed by atoms with Crippen molar-refractivity contribution in [3.8, 4) is 0 Å². The molecular formula is C12H21N3O. The van der Waals surface area contributed by atoms with Crippen molar-refractivity contribution in [3.63, 3.8) is 0 Å². The quantitative estimate of drug-likeness (QED) is 0.696. The summed E-state index contributed by atoms with van der Waals surface area (Å²) in [6, 6.07) is 5.86. The second-order valence-electron chi connectivity index (χ2n) is 4.11. The summed E-state index contributed by atoms with van der Waals surface area (Å²) in [5, 5.41) is 8.80. The molecule has 0 fully saturated rings. The van der Waals surface area contributed by atoms with Crippen LogP contribution in [0.5, 0.6) is 0 Å². The second kappa shape index (κ2) is 7.33. The zero-order valence-electron chi connectivity index (χ0n) is 9.84. The van der Waals surface area contributed by atoms with Crippen molar-refractivity contribution in [2.45, 2.75) is 18.9 Å². The molecule has 1 aromatic heterocycles. The summed E-state index contributed by atoms with van der Waals surface area (Å²) < 4.78 is 0. The standard InChI is InChI=1S/C12H21N3O/c1-15(8-5-11(13)10-16)9-6-12-4-2-3-7-14-12/h2-4,7,11,16H,5-6,8-10,13H2,1H3. The molecule has 0 bridgehead atoms. The first-order valence-electron chi connectivity index (χ1n) is 5.67. The van der Waals surface area contributed by atoms with Crippen molar-refractivity contribution in [3.05, 3.63) is 30.1 Å². The van der Waals surface area contributed by atoms with Gasteiger partial charge in [0.25, 0.3) is 0 Å². The van der Waals surface area contributed by atoms with Gasteiger partial charge in [-0.2, -0.15) is 0 Å². The van der Waals surface area contributed by atoms with E-state index in [1.807, 2.05) is 24.4 Å². The zero-order chi connectivity index (χ0) is 11.8. The van der Waals surface area contributed by atoms with Crippen LogP contribution in [0.2, 0.25) is 0 Å². The van der Waals surface area contributed by atoms with Gasteiger partial charge in [0, 0.05) is 30.9 Å². The van der Waals surface area contributed by atoms with Gasteiger partial charge in [-0.1, -0.05) is 6.07 Å². The molecule has 0 radical (unpaired) electrons. The first-order valence-corrected chi connectivity index (χ1v) is 5.67. The summed E-state index contributed by atoms with van der Waals surface area (Å²) in [5.74, 6) is 0. The fourth-order valence-corrected chi connectivity index (χ4v) is 1.44. The van der Waals surface area contributed by atoms with Crippen LogP contribution >= 0.6 is 0 Å². The normalized spacial score (nSPS) is 13.0. The monoisotopic (exact) mass is 223 g/mol. The Hall–Kier alpha value is -0.970. The molecule has 1 aromatic rings.